The third-order valence-electron chi connectivity index (χ3n) is 1.84. The van der Waals surface area contributed by atoms with Gasteiger partial charge in [0.15, 0.2) is 0 Å². The van der Waals surface area contributed by atoms with E-state index in [0.717, 1.165) is 16.1 Å². The van der Waals surface area contributed by atoms with Gasteiger partial charge in [-0.1, -0.05) is 28.2 Å². The van der Waals surface area contributed by atoms with E-state index < -0.39 is 0 Å². The van der Waals surface area contributed by atoms with Crippen LogP contribution >= 0.6 is 23.1 Å². The molecule has 1 aromatic carbocycles. The average Bonchev–Trinajstić information content (AvgIpc) is 2.65. The molecule has 14 heavy (non-hydrogen) atoms. The molecule has 0 aliphatic rings. The number of benzene rings is 1. The van der Waals surface area contributed by atoms with Gasteiger partial charge in [-0.25, -0.2) is 0 Å². The topological polar surface area (TPSA) is 51.8 Å². The Labute approximate surface area is 90.7 Å². The van der Waals surface area contributed by atoms with Crippen LogP contribution in [0.3, 0.4) is 0 Å². The molecule has 0 amide bonds. The van der Waals surface area contributed by atoms with E-state index in [-0.39, 0.29) is 0 Å². The second-order valence-electron chi connectivity index (χ2n) is 2.76. The van der Waals surface area contributed by atoms with Gasteiger partial charge in [0.05, 0.1) is 4.88 Å². The zero-order valence-corrected chi connectivity index (χ0v) is 8.85. The molecule has 2 N–H and O–H groups in total. The highest BCUT2D eigenvalue weighted by molar-refractivity contribution is 7.05. The number of hydrogen-bond acceptors (Lipinski definition) is 4. The van der Waals surface area contributed by atoms with Crippen LogP contribution < -0.4 is 5.73 Å². The van der Waals surface area contributed by atoms with Crippen LogP contribution in [0.5, 0.6) is 0 Å². The molecule has 2 rings (SSSR count). The lowest BCUT2D eigenvalue weighted by molar-refractivity contribution is 1.08. The van der Waals surface area contributed by atoms with E-state index in [1.54, 1.807) is 0 Å². The first-order valence-electron chi connectivity index (χ1n) is 4.08. The number of aromatic nitrogens is 2. The van der Waals surface area contributed by atoms with Crippen LogP contribution in [0, 0.1) is 0 Å². The molecule has 2 aromatic rings. The molecule has 1 heterocycles. The van der Waals surface area contributed by atoms with Gasteiger partial charge in [0, 0.05) is 17.1 Å². The zero-order valence-electron chi connectivity index (χ0n) is 7.27. The van der Waals surface area contributed by atoms with Gasteiger partial charge in [-0.2, -0.15) is 0 Å². The number of halogens is 1. The fourth-order valence-corrected chi connectivity index (χ4v) is 1.93. The van der Waals surface area contributed by atoms with E-state index in [1.807, 2.05) is 24.3 Å². The summed E-state index contributed by atoms with van der Waals surface area (Å²) in [6, 6.07) is 7.52. The quantitative estimate of drug-likeness (QED) is 0.854. The Kier molecular flexibility index (Phi) is 2.77. The van der Waals surface area contributed by atoms with Crippen LogP contribution in [0.4, 0.5) is 0 Å². The number of hydrogen-bond donors (Lipinski definition) is 1. The van der Waals surface area contributed by atoms with Crippen molar-refractivity contribution in [2.75, 3.05) is 0 Å². The highest BCUT2D eigenvalue weighted by atomic mass is 35.5. The van der Waals surface area contributed by atoms with Crippen molar-refractivity contribution in [2.24, 2.45) is 5.73 Å². The molecule has 5 heteroatoms. The summed E-state index contributed by atoms with van der Waals surface area (Å²) in [6.07, 6.45) is 0. The summed E-state index contributed by atoms with van der Waals surface area (Å²) >= 11 is 7.20. The monoisotopic (exact) mass is 225 g/mol. The maximum absolute atomic E-state index is 5.88. The molecule has 0 saturated heterocycles. The lowest BCUT2D eigenvalue weighted by Gasteiger charge is -1.98. The third kappa shape index (κ3) is 1.77. The molecule has 0 unspecified atom stereocenters. The van der Waals surface area contributed by atoms with Crippen molar-refractivity contribution >= 4 is 23.1 Å². The van der Waals surface area contributed by atoms with Crippen LogP contribution in [0.15, 0.2) is 24.3 Å². The molecular formula is C9H8ClN3S. The molecular weight excluding hydrogens is 218 g/mol. The zero-order chi connectivity index (χ0) is 9.97. The fourth-order valence-electron chi connectivity index (χ4n) is 1.20. The first-order valence-corrected chi connectivity index (χ1v) is 5.23. The van der Waals surface area contributed by atoms with Gasteiger partial charge in [0.25, 0.3) is 0 Å². The van der Waals surface area contributed by atoms with Gasteiger partial charge in [-0.05, 0) is 23.7 Å². The number of nitrogens with zero attached hydrogens (tertiary/aromatic N) is 2. The molecule has 1 aromatic heterocycles. The Bertz CT molecular complexity index is 441. The van der Waals surface area contributed by atoms with Crippen molar-refractivity contribution in [3.8, 4) is 11.3 Å². The first kappa shape index (κ1) is 9.58. The van der Waals surface area contributed by atoms with Gasteiger partial charge in [-0.3, -0.25) is 0 Å². The van der Waals surface area contributed by atoms with E-state index in [9.17, 15) is 0 Å². The van der Waals surface area contributed by atoms with Crippen molar-refractivity contribution in [3.05, 3.63) is 34.2 Å². The highest BCUT2D eigenvalue weighted by Crippen LogP contribution is 2.25. The highest BCUT2D eigenvalue weighted by Gasteiger charge is 2.08. The fraction of sp³-hybridized carbons (Fsp3) is 0.111. The van der Waals surface area contributed by atoms with Crippen molar-refractivity contribution < 1.29 is 0 Å². The molecule has 0 radical (unpaired) electrons. The molecule has 0 spiro atoms. The predicted molar refractivity (Wildman–Crippen MR) is 58.2 cm³/mol. The van der Waals surface area contributed by atoms with Gasteiger partial charge in [0.2, 0.25) is 0 Å². The van der Waals surface area contributed by atoms with E-state index >= 15 is 0 Å². The summed E-state index contributed by atoms with van der Waals surface area (Å²) in [5, 5.41) is 4.72. The Morgan fingerprint density at radius 1 is 1.43 bits per heavy atom. The van der Waals surface area contributed by atoms with Gasteiger partial charge >= 0.3 is 0 Å². The van der Waals surface area contributed by atoms with E-state index in [4.69, 9.17) is 17.3 Å². The number of nitrogens with two attached hydrogens (primary N) is 1. The second kappa shape index (κ2) is 4.04. The van der Waals surface area contributed by atoms with Gasteiger partial charge < -0.3 is 5.73 Å². The van der Waals surface area contributed by atoms with Crippen molar-refractivity contribution in [2.45, 2.75) is 6.54 Å². The summed E-state index contributed by atoms with van der Waals surface area (Å²) in [5.41, 5.74) is 7.37. The van der Waals surface area contributed by atoms with Gasteiger partial charge in [0.1, 0.15) is 5.69 Å². The van der Waals surface area contributed by atoms with Crippen LogP contribution in [0.1, 0.15) is 4.88 Å². The summed E-state index contributed by atoms with van der Waals surface area (Å²) < 4.78 is 3.87. The minimum atomic E-state index is 0.458. The summed E-state index contributed by atoms with van der Waals surface area (Å²) in [4.78, 5) is 0.979. The van der Waals surface area contributed by atoms with Crippen LogP contribution in [-0.4, -0.2) is 9.59 Å². The SMILES string of the molecule is NCc1snnc1-c1cccc(Cl)c1. The van der Waals surface area contributed by atoms with Gasteiger partial charge in [-0.15, -0.1) is 5.10 Å². The molecule has 0 saturated carbocycles. The smallest absolute Gasteiger partial charge is 0.110 e. The van der Waals surface area contributed by atoms with Crippen LogP contribution in [-0.2, 0) is 6.54 Å². The standard InChI is InChI=1S/C9H8ClN3S/c10-7-3-1-2-6(4-7)9-8(5-11)14-13-12-9/h1-4H,5,11H2. The van der Waals surface area contributed by atoms with Crippen LogP contribution in [0.25, 0.3) is 11.3 Å². The van der Waals surface area contributed by atoms with E-state index in [2.05, 4.69) is 9.59 Å². The maximum Gasteiger partial charge on any atom is 0.110 e. The number of rotatable bonds is 2. The lowest BCUT2D eigenvalue weighted by Crippen LogP contribution is -1.95. The van der Waals surface area contributed by atoms with Crippen molar-refractivity contribution in [3.63, 3.8) is 0 Å². The van der Waals surface area contributed by atoms with E-state index in [0.29, 0.717) is 11.6 Å². The molecule has 3 nitrogen and oxygen atoms in total. The molecule has 0 aliphatic carbocycles. The predicted octanol–water partition coefficient (Wildman–Crippen LogP) is 2.32. The second-order valence-corrected chi connectivity index (χ2v) is 4.03. The first-order chi connectivity index (χ1) is 6.81. The molecule has 0 aliphatic heterocycles. The Morgan fingerprint density at radius 3 is 3.00 bits per heavy atom. The summed E-state index contributed by atoms with van der Waals surface area (Å²) in [7, 11) is 0. The Hall–Kier alpha value is -0.970. The molecule has 0 atom stereocenters. The molecule has 72 valence electrons. The summed E-state index contributed by atoms with van der Waals surface area (Å²) in [6.45, 7) is 0.458. The average molecular weight is 226 g/mol. The Morgan fingerprint density at radius 2 is 2.29 bits per heavy atom. The molecule has 0 bridgehead atoms. The minimum absolute atomic E-state index is 0.458. The summed E-state index contributed by atoms with van der Waals surface area (Å²) in [5.74, 6) is 0. The third-order valence-corrected chi connectivity index (χ3v) is 2.82. The van der Waals surface area contributed by atoms with E-state index in [1.165, 1.54) is 11.5 Å². The Balaban J connectivity index is 2.49. The normalized spacial score (nSPS) is 10.4. The largest absolute Gasteiger partial charge is 0.326 e. The van der Waals surface area contributed by atoms with Crippen LogP contribution in [0.2, 0.25) is 5.02 Å². The van der Waals surface area contributed by atoms with Crippen molar-refractivity contribution in [1.29, 1.82) is 0 Å². The minimum Gasteiger partial charge on any atom is -0.326 e. The molecule has 0 fully saturated rings. The maximum atomic E-state index is 5.88. The van der Waals surface area contributed by atoms with Crippen molar-refractivity contribution in [1.82, 2.24) is 9.59 Å². The lowest BCUT2D eigenvalue weighted by atomic mass is 10.1.